The molecule has 3 nitrogen and oxygen atoms in total. The molecule has 0 bridgehead atoms. The summed E-state index contributed by atoms with van der Waals surface area (Å²) in [5, 5.41) is 10.2. The van der Waals surface area contributed by atoms with Crippen molar-refractivity contribution in [1.82, 2.24) is 9.97 Å². The Morgan fingerprint density at radius 1 is 1.32 bits per heavy atom. The van der Waals surface area contributed by atoms with Crippen molar-refractivity contribution in [2.45, 2.75) is 69.8 Å². The first-order chi connectivity index (χ1) is 9.34. The molecule has 106 valence electrons. The van der Waals surface area contributed by atoms with Crippen LogP contribution in [0.5, 0.6) is 0 Å². The summed E-state index contributed by atoms with van der Waals surface area (Å²) in [6.07, 6.45) is 15.4. The summed E-state index contributed by atoms with van der Waals surface area (Å²) in [6.45, 7) is 0. The highest BCUT2D eigenvalue weighted by Crippen LogP contribution is 2.49. The number of H-pyrrole nitrogens is 1. The van der Waals surface area contributed by atoms with Crippen LogP contribution in [-0.4, -0.2) is 21.2 Å². The van der Waals surface area contributed by atoms with Crippen molar-refractivity contribution < 1.29 is 5.11 Å². The number of aliphatic hydroxyl groups excluding tert-OH is 1. The van der Waals surface area contributed by atoms with Crippen LogP contribution in [0, 0.1) is 11.8 Å². The molecule has 0 spiro atoms. The molecule has 3 heteroatoms. The van der Waals surface area contributed by atoms with Crippen molar-refractivity contribution in [2.75, 3.05) is 0 Å². The number of hydrogen-bond acceptors (Lipinski definition) is 2. The molecule has 1 aromatic rings. The van der Waals surface area contributed by atoms with Gasteiger partial charge < -0.3 is 10.1 Å². The Hall–Kier alpha value is -0.830. The number of aliphatic hydroxyl groups is 1. The average molecular weight is 262 g/mol. The maximum absolute atomic E-state index is 10.2. The molecule has 1 heterocycles. The van der Waals surface area contributed by atoms with Crippen LogP contribution in [0.4, 0.5) is 0 Å². The molecule has 1 aromatic heterocycles. The Labute approximate surface area is 115 Å². The monoisotopic (exact) mass is 262 g/mol. The Morgan fingerprint density at radius 3 is 2.89 bits per heavy atom. The Bertz CT molecular complexity index is 370. The first-order valence-electron chi connectivity index (χ1n) is 8.01. The molecule has 0 amide bonds. The van der Waals surface area contributed by atoms with Crippen molar-refractivity contribution in [3.05, 3.63) is 18.2 Å². The average Bonchev–Trinajstić information content (AvgIpc) is 3.06. The van der Waals surface area contributed by atoms with Gasteiger partial charge in [0, 0.05) is 12.1 Å². The van der Waals surface area contributed by atoms with E-state index in [0.29, 0.717) is 11.8 Å². The predicted molar refractivity (Wildman–Crippen MR) is 75.9 cm³/mol. The van der Waals surface area contributed by atoms with Gasteiger partial charge >= 0.3 is 0 Å². The normalized spacial score (nSPS) is 29.3. The van der Waals surface area contributed by atoms with Gasteiger partial charge in [-0.25, -0.2) is 4.98 Å². The van der Waals surface area contributed by atoms with Gasteiger partial charge in [0.25, 0.3) is 0 Å². The highest BCUT2D eigenvalue weighted by molar-refractivity contribution is 5.15. The lowest BCUT2D eigenvalue weighted by Gasteiger charge is -2.21. The standard InChI is InChI=1S/C16H26N2O/c19-16(8-4-7-12-5-2-1-3-6-12)14-9-13(14)15-10-17-11-18-15/h10-14,16,19H,1-9H2,(H,17,18). The number of aromatic amines is 1. The van der Waals surface area contributed by atoms with Gasteiger partial charge in [0.2, 0.25) is 0 Å². The van der Waals surface area contributed by atoms with E-state index in [2.05, 4.69) is 9.97 Å². The van der Waals surface area contributed by atoms with Gasteiger partial charge in [0.05, 0.1) is 18.1 Å². The van der Waals surface area contributed by atoms with Gasteiger partial charge in [0.15, 0.2) is 0 Å². The molecule has 2 aliphatic rings. The zero-order valence-electron chi connectivity index (χ0n) is 11.7. The number of nitrogens with zero attached hydrogens (tertiary/aromatic N) is 1. The summed E-state index contributed by atoms with van der Waals surface area (Å²) < 4.78 is 0. The van der Waals surface area contributed by atoms with Crippen LogP contribution in [0.3, 0.4) is 0 Å². The minimum atomic E-state index is -0.106. The molecule has 2 N–H and O–H groups in total. The summed E-state index contributed by atoms with van der Waals surface area (Å²) in [4.78, 5) is 7.30. The van der Waals surface area contributed by atoms with E-state index < -0.39 is 0 Å². The SMILES string of the molecule is OC(CCCC1CCCCC1)C1CC1c1c[nH]cn1. The third-order valence-corrected chi connectivity index (χ3v) is 5.07. The van der Waals surface area contributed by atoms with Crippen LogP contribution >= 0.6 is 0 Å². The lowest BCUT2D eigenvalue weighted by atomic mass is 9.85. The summed E-state index contributed by atoms with van der Waals surface area (Å²) in [5.74, 6) is 1.92. The topological polar surface area (TPSA) is 48.9 Å². The second-order valence-corrected chi connectivity index (χ2v) is 6.50. The molecule has 2 fully saturated rings. The van der Waals surface area contributed by atoms with E-state index in [0.717, 1.165) is 24.5 Å². The highest BCUT2D eigenvalue weighted by atomic mass is 16.3. The number of imidazole rings is 1. The van der Waals surface area contributed by atoms with Crippen LogP contribution < -0.4 is 0 Å². The van der Waals surface area contributed by atoms with Crippen molar-refractivity contribution in [1.29, 1.82) is 0 Å². The van der Waals surface area contributed by atoms with E-state index >= 15 is 0 Å². The summed E-state index contributed by atoms with van der Waals surface area (Å²) in [6, 6.07) is 0. The minimum Gasteiger partial charge on any atom is -0.393 e. The number of hydrogen-bond donors (Lipinski definition) is 2. The molecule has 2 saturated carbocycles. The predicted octanol–water partition coefficient (Wildman–Crippen LogP) is 3.62. The fourth-order valence-corrected chi connectivity index (χ4v) is 3.76. The summed E-state index contributed by atoms with van der Waals surface area (Å²) >= 11 is 0. The van der Waals surface area contributed by atoms with Crippen LogP contribution in [0.2, 0.25) is 0 Å². The van der Waals surface area contributed by atoms with Crippen LogP contribution in [0.25, 0.3) is 0 Å². The Morgan fingerprint density at radius 2 is 2.16 bits per heavy atom. The Balaban J connectivity index is 1.35. The van der Waals surface area contributed by atoms with Gasteiger partial charge in [0.1, 0.15) is 0 Å². The third-order valence-electron chi connectivity index (χ3n) is 5.07. The first-order valence-corrected chi connectivity index (χ1v) is 8.01. The van der Waals surface area contributed by atoms with Crippen LogP contribution in [0.1, 0.15) is 69.4 Å². The van der Waals surface area contributed by atoms with E-state index in [9.17, 15) is 5.11 Å². The Kier molecular flexibility index (Phi) is 4.21. The summed E-state index contributed by atoms with van der Waals surface area (Å²) in [5.41, 5.74) is 1.14. The van der Waals surface area contributed by atoms with Crippen LogP contribution in [-0.2, 0) is 0 Å². The lowest BCUT2D eigenvalue weighted by Crippen LogP contribution is -2.12. The van der Waals surface area contributed by atoms with Crippen LogP contribution in [0.15, 0.2) is 12.5 Å². The van der Waals surface area contributed by atoms with E-state index in [1.807, 2.05) is 6.20 Å². The molecule has 2 aliphatic carbocycles. The maximum Gasteiger partial charge on any atom is 0.0923 e. The molecule has 3 atom stereocenters. The second-order valence-electron chi connectivity index (χ2n) is 6.50. The van der Waals surface area contributed by atoms with E-state index in [4.69, 9.17) is 0 Å². The van der Waals surface area contributed by atoms with Crippen molar-refractivity contribution in [3.8, 4) is 0 Å². The highest BCUT2D eigenvalue weighted by Gasteiger charge is 2.44. The molecule has 3 unspecified atom stereocenters. The molecule has 0 saturated heterocycles. The van der Waals surface area contributed by atoms with Gasteiger partial charge in [-0.1, -0.05) is 44.9 Å². The zero-order chi connectivity index (χ0) is 13.1. The van der Waals surface area contributed by atoms with Gasteiger partial charge in [-0.05, 0) is 24.7 Å². The molecular weight excluding hydrogens is 236 g/mol. The van der Waals surface area contributed by atoms with Gasteiger partial charge in [-0.3, -0.25) is 0 Å². The fraction of sp³-hybridized carbons (Fsp3) is 0.812. The second kappa shape index (κ2) is 6.08. The van der Waals surface area contributed by atoms with E-state index in [-0.39, 0.29) is 6.10 Å². The third kappa shape index (κ3) is 3.38. The zero-order valence-corrected chi connectivity index (χ0v) is 11.7. The van der Waals surface area contributed by atoms with Gasteiger partial charge in [-0.2, -0.15) is 0 Å². The van der Waals surface area contributed by atoms with Crippen molar-refractivity contribution >= 4 is 0 Å². The number of nitrogens with one attached hydrogen (secondary N) is 1. The number of rotatable bonds is 6. The van der Waals surface area contributed by atoms with E-state index in [1.54, 1.807) is 6.33 Å². The number of aromatic nitrogens is 2. The first kappa shape index (κ1) is 13.2. The van der Waals surface area contributed by atoms with Gasteiger partial charge in [-0.15, -0.1) is 0 Å². The molecule has 0 aromatic carbocycles. The molecule has 0 radical (unpaired) electrons. The molecule has 19 heavy (non-hydrogen) atoms. The smallest absolute Gasteiger partial charge is 0.0923 e. The quantitative estimate of drug-likeness (QED) is 0.822. The summed E-state index contributed by atoms with van der Waals surface area (Å²) in [7, 11) is 0. The molecule has 3 rings (SSSR count). The van der Waals surface area contributed by atoms with Crippen molar-refractivity contribution in [2.24, 2.45) is 11.8 Å². The lowest BCUT2D eigenvalue weighted by molar-refractivity contribution is 0.132. The fourth-order valence-electron chi connectivity index (χ4n) is 3.76. The minimum absolute atomic E-state index is 0.106. The largest absolute Gasteiger partial charge is 0.393 e. The maximum atomic E-state index is 10.2. The molecule has 0 aliphatic heterocycles. The molecular formula is C16H26N2O. The van der Waals surface area contributed by atoms with E-state index in [1.165, 1.54) is 44.9 Å². The van der Waals surface area contributed by atoms with Crippen molar-refractivity contribution in [3.63, 3.8) is 0 Å².